The molecule has 3 rings (SSSR count). The molecule has 1 unspecified atom stereocenters. The Balaban J connectivity index is 1.86. The monoisotopic (exact) mass is 672 g/mol. The number of amides is 4. The van der Waals surface area contributed by atoms with Crippen LogP contribution in [-0.2, 0) is 38.4 Å². The fraction of sp³-hybridized carbons (Fsp3) is 0.436. The van der Waals surface area contributed by atoms with Crippen molar-refractivity contribution in [1.82, 2.24) is 16.0 Å². The highest BCUT2D eigenvalue weighted by atomic mass is 16.6. The normalized spacial score (nSPS) is 15.1. The zero-order chi connectivity index (χ0) is 36.0. The largest absolute Gasteiger partial charge is 0.444 e. The molecule has 10 nitrogen and oxygen atoms in total. The molecule has 0 saturated heterocycles. The van der Waals surface area contributed by atoms with Gasteiger partial charge in [0.05, 0.1) is 12.1 Å². The summed E-state index contributed by atoms with van der Waals surface area (Å²) in [5, 5.41) is 20.2. The Morgan fingerprint density at radius 3 is 1.69 bits per heavy atom. The predicted octanol–water partition coefficient (Wildman–Crippen LogP) is 4.48. The molecule has 0 aromatic heterocycles. The summed E-state index contributed by atoms with van der Waals surface area (Å²) in [7, 11) is 0. The number of benzene rings is 3. The van der Waals surface area contributed by atoms with E-state index in [1.54, 1.807) is 20.8 Å². The SMILES string of the molecule is CCC(C)[C@H](NC(=O)[C@@H](Cc1ccccc1)C[C@H](O)[C@H](Cc1ccccc1)NC(=O)OC(C)(C)C)C(=O)N[C@@H](Cc1ccccc1)C(N)=O. The first-order valence-electron chi connectivity index (χ1n) is 16.9. The van der Waals surface area contributed by atoms with Crippen LogP contribution >= 0.6 is 0 Å². The second-order valence-electron chi connectivity index (χ2n) is 13.7. The second kappa shape index (κ2) is 18.7. The lowest BCUT2D eigenvalue weighted by atomic mass is 9.88. The van der Waals surface area contributed by atoms with E-state index in [1.165, 1.54) is 0 Å². The summed E-state index contributed by atoms with van der Waals surface area (Å²) in [6.45, 7) is 9.03. The summed E-state index contributed by atoms with van der Waals surface area (Å²) in [6, 6.07) is 25.4. The average Bonchev–Trinajstić information content (AvgIpc) is 3.06. The summed E-state index contributed by atoms with van der Waals surface area (Å²) in [6.07, 6.45) is -0.475. The van der Waals surface area contributed by atoms with Crippen LogP contribution in [0.3, 0.4) is 0 Å². The number of carbonyl (C=O) groups is 4. The molecule has 0 radical (unpaired) electrons. The quantitative estimate of drug-likeness (QED) is 0.142. The van der Waals surface area contributed by atoms with Crippen molar-refractivity contribution in [2.24, 2.45) is 17.6 Å². The van der Waals surface area contributed by atoms with Crippen molar-refractivity contribution in [3.63, 3.8) is 0 Å². The Bertz CT molecular complexity index is 1480. The minimum absolute atomic E-state index is 0.0131. The van der Waals surface area contributed by atoms with E-state index in [2.05, 4.69) is 16.0 Å². The van der Waals surface area contributed by atoms with Crippen molar-refractivity contribution in [2.75, 3.05) is 0 Å². The minimum atomic E-state index is -1.15. The van der Waals surface area contributed by atoms with E-state index in [-0.39, 0.29) is 25.2 Å². The Morgan fingerprint density at radius 2 is 1.22 bits per heavy atom. The fourth-order valence-electron chi connectivity index (χ4n) is 5.55. The van der Waals surface area contributed by atoms with Gasteiger partial charge in [0.1, 0.15) is 17.7 Å². The molecule has 0 aliphatic carbocycles. The van der Waals surface area contributed by atoms with Crippen LogP contribution in [-0.4, -0.2) is 58.8 Å². The third-order valence-corrected chi connectivity index (χ3v) is 8.42. The van der Waals surface area contributed by atoms with E-state index in [9.17, 15) is 24.3 Å². The Kier molecular flexibility index (Phi) is 14.8. The number of rotatable bonds is 17. The molecule has 0 saturated carbocycles. The Morgan fingerprint density at radius 1 is 0.735 bits per heavy atom. The van der Waals surface area contributed by atoms with Gasteiger partial charge in [-0.1, -0.05) is 111 Å². The van der Waals surface area contributed by atoms with E-state index in [4.69, 9.17) is 10.5 Å². The van der Waals surface area contributed by atoms with Crippen molar-refractivity contribution in [3.8, 4) is 0 Å². The van der Waals surface area contributed by atoms with Crippen LogP contribution in [0.2, 0.25) is 0 Å². The van der Waals surface area contributed by atoms with Crippen LogP contribution in [0.5, 0.6) is 0 Å². The van der Waals surface area contributed by atoms with Gasteiger partial charge in [-0.05, 0) is 62.6 Å². The first-order valence-corrected chi connectivity index (χ1v) is 16.9. The van der Waals surface area contributed by atoms with Gasteiger partial charge in [0.25, 0.3) is 0 Å². The van der Waals surface area contributed by atoms with Crippen LogP contribution < -0.4 is 21.7 Å². The van der Waals surface area contributed by atoms with Gasteiger partial charge in [0.15, 0.2) is 0 Å². The number of nitrogens with one attached hydrogen (secondary N) is 3. The highest BCUT2D eigenvalue weighted by molar-refractivity contribution is 5.92. The minimum Gasteiger partial charge on any atom is -0.444 e. The van der Waals surface area contributed by atoms with Crippen LogP contribution in [0.1, 0.15) is 64.2 Å². The smallest absolute Gasteiger partial charge is 0.407 e. The molecule has 49 heavy (non-hydrogen) atoms. The molecule has 3 aromatic rings. The summed E-state index contributed by atoms with van der Waals surface area (Å²) in [5.41, 5.74) is 7.52. The van der Waals surface area contributed by atoms with Crippen molar-refractivity contribution in [2.45, 2.75) is 96.6 Å². The highest BCUT2D eigenvalue weighted by Gasteiger charge is 2.34. The lowest BCUT2D eigenvalue weighted by Gasteiger charge is -2.31. The standard InChI is InChI=1S/C39H52N4O6/c1-6-26(2)34(37(47)41-32(35(40)45)24-29-20-14-9-15-21-29)43-36(46)30(22-27-16-10-7-11-17-27)25-33(44)31(23-28-18-12-8-13-19-28)42-38(48)49-39(3,4)5/h7-21,26,30-34,44H,6,22-25H2,1-5H3,(H2,40,45)(H,41,47)(H,42,48)(H,43,46)/t26?,30-,31-,32-,33-,34-/m0/s1. The first kappa shape index (κ1) is 38.7. The average molecular weight is 673 g/mol. The predicted molar refractivity (Wildman–Crippen MR) is 190 cm³/mol. The molecule has 0 aliphatic heterocycles. The van der Waals surface area contributed by atoms with Crippen LogP contribution in [0.4, 0.5) is 4.79 Å². The molecular weight excluding hydrogens is 620 g/mol. The summed E-state index contributed by atoms with van der Waals surface area (Å²) >= 11 is 0. The molecular formula is C39H52N4O6. The second-order valence-corrected chi connectivity index (χ2v) is 13.7. The number of ether oxygens (including phenoxy) is 1. The number of hydrogen-bond donors (Lipinski definition) is 5. The van der Waals surface area contributed by atoms with E-state index >= 15 is 0 Å². The van der Waals surface area contributed by atoms with Gasteiger partial charge >= 0.3 is 6.09 Å². The first-order chi connectivity index (χ1) is 23.3. The molecule has 0 aliphatic rings. The molecule has 6 atom stereocenters. The summed E-state index contributed by atoms with van der Waals surface area (Å²) < 4.78 is 5.49. The van der Waals surface area contributed by atoms with Crippen molar-refractivity contribution >= 4 is 23.8 Å². The van der Waals surface area contributed by atoms with Gasteiger partial charge in [0.2, 0.25) is 17.7 Å². The van der Waals surface area contributed by atoms with Crippen molar-refractivity contribution in [3.05, 3.63) is 108 Å². The maximum absolute atomic E-state index is 14.1. The highest BCUT2D eigenvalue weighted by Crippen LogP contribution is 2.21. The molecule has 4 amide bonds. The molecule has 0 heterocycles. The van der Waals surface area contributed by atoms with Gasteiger partial charge in [-0.15, -0.1) is 0 Å². The Labute approximate surface area is 290 Å². The number of hydrogen-bond acceptors (Lipinski definition) is 6. The zero-order valence-corrected chi connectivity index (χ0v) is 29.2. The number of alkyl carbamates (subject to hydrolysis) is 1. The molecule has 3 aromatic carbocycles. The number of aliphatic hydroxyl groups excluding tert-OH is 1. The molecule has 0 spiro atoms. The van der Waals surface area contributed by atoms with E-state index in [0.29, 0.717) is 12.8 Å². The van der Waals surface area contributed by atoms with Gasteiger partial charge in [-0.3, -0.25) is 14.4 Å². The summed E-state index contributed by atoms with van der Waals surface area (Å²) in [4.78, 5) is 53.0. The molecule has 10 heteroatoms. The zero-order valence-electron chi connectivity index (χ0n) is 29.2. The van der Waals surface area contributed by atoms with E-state index in [1.807, 2.05) is 105 Å². The molecule has 0 bridgehead atoms. The van der Waals surface area contributed by atoms with Crippen LogP contribution in [0, 0.1) is 11.8 Å². The van der Waals surface area contributed by atoms with Gasteiger partial charge in [-0.2, -0.15) is 0 Å². The number of carbonyl (C=O) groups excluding carboxylic acids is 4. The number of aliphatic hydroxyl groups is 1. The maximum Gasteiger partial charge on any atom is 0.407 e. The lowest BCUT2D eigenvalue weighted by Crippen LogP contribution is -2.56. The van der Waals surface area contributed by atoms with Crippen molar-refractivity contribution in [1.29, 1.82) is 0 Å². The summed E-state index contributed by atoms with van der Waals surface area (Å²) in [5.74, 6) is -2.69. The third-order valence-electron chi connectivity index (χ3n) is 8.42. The topological polar surface area (TPSA) is 160 Å². The van der Waals surface area contributed by atoms with E-state index in [0.717, 1.165) is 16.7 Å². The van der Waals surface area contributed by atoms with Crippen LogP contribution in [0.25, 0.3) is 0 Å². The fourth-order valence-corrected chi connectivity index (χ4v) is 5.55. The molecule has 0 fully saturated rings. The number of primary amides is 1. The van der Waals surface area contributed by atoms with Crippen molar-refractivity contribution < 1.29 is 29.0 Å². The van der Waals surface area contributed by atoms with Gasteiger partial charge in [0, 0.05) is 12.3 Å². The molecule has 6 N–H and O–H groups in total. The van der Waals surface area contributed by atoms with E-state index < -0.39 is 59.6 Å². The maximum atomic E-state index is 14.1. The lowest BCUT2D eigenvalue weighted by molar-refractivity contribution is -0.134. The van der Waals surface area contributed by atoms with Gasteiger partial charge in [-0.25, -0.2) is 4.79 Å². The number of nitrogens with two attached hydrogens (primary N) is 1. The third kappa shape index (κ3) is 13.4. The Hall–Kier alpha value is -4.70. The van der Waals surface area contributed by atoms with Gasteiger partial charge < -0.3 is 31.5 Å². The van der Waals surface area contributed by atoms with Crippen LogP contribution in [0.15, 0.2) is 91.0 Å². The molecule has 264 valence electrons.